The lowest BCUT2D eigenvalue weighted by Crippen LogP contribution is -2.20. The molecule has 0 unspecified atom stereocenters. The number of aliphatic hydroxyl groups excluding tert-OH is 3. The van der Waals surface area contributed by atoms with E-state index >= 15 is 0 Å². The minimum absolute atomic E-state index is 0.0814. The van der Waals surface area contributed by atoms with Gasteiger partial charge in [-0.2, -0.15) is 0 Å². The molecular weight excluding hydrogens is 472 g/mol. The predicted molar refractivity (Wildman–Crippen MR) is 130 cm³/mol. The number of aliphatic hydroxyl groups is 3. The third kappa shape index (κ3) is 9.57. The van der Waals surface area contributed by atoms with Gasteiger partial charge < -0.3 is 20.1 Å². The SMILES string of the molecule is CC(C)OC(=O)CCC/C=C\C[C@@H]1[C@@H](/C=C/[C@H](O)CCc2ccc(Br)cc2)[C@H](O)C[C@@H]1O. The Labute approximate surface area is 200 Å². The molecule has 1 aliphatic carbocycles. The number of ether oxygens (including phenoxy) is 1. The number of aryl methyl sites for hydroxylation is 1. The van der Waals surface area contributed by atoms with Crippen LogP contribution in [-0.2, 0) is 16.0 Å². The summed E-state index contributed by atoms with van der Waals surface area (Å²) >= 11 is 3.42. The first kappa shape index (κ1) is 26.8. The Bertz CT molecular complexity index is 743. The van der Waals surface area contributed by atoms with Crippen molar-refractivity contribution in [3.63, 3.8) is 0 Å². The van der Waals surface area contributed by atoms with Crippen molar-refractivity contribution in [3.8, 4) is 0 Å². The fourth-order valence-corrected chi connectivity index (χ4v) is 4.35. The lowest BCUT2D eigenvalue weighted by molar-refractivity contribution is -0.147. The van der Waals surface area contributed by atoms with Crippen molar-refractivity contribution in [2.75, 3.05) is 0 Å². The van der Waals surface area contributed by atoms with Crippen LogP contribution in [0.3, 0.4) is 0 Å². The van der Waals surface area contributed by atoms with E-state index < -0.39 is 18.3 Å². The van der Waals surface area contributed by atoms with E-state index in [0.717, 1.165) is 29.3 Å². The molecule has 5 atom stereocenters. The second-order valence-electron chi connectivity index (χ2n) is 8.87. The lowest BCUT2D eigenvalue weighted by atomic mass is 9.89. The smallest absolute Gasteiger partial charge is 0.306 e. The monoisotopic (exact) mass is 508 g/mol. The molecule has 6 heteroatoms. The van der Waals surface area contributed by atoms with Crippen LogP contribution < -0.4 is 0 Å². The van der Waals surface area contributed by atoms with E-state index in [9.17, 15) is 20.1 Å². The van der Waals surface area contributed by atoms with Gasteiger partial charge in [-0.15, -0.1) is 0 Å². The molecule has 0 saturated heterocycles. The van der Waals surface area contributed by atoms with Crippen LogP contribution in [0.2, 0.25) is 0 Å². The number of carbonyl (C=O) groups excluding carboxylic acids is 1. The maximum absolute atomic E-state index is 11.5. The average Bonchev–Trinajstić information content (AvgIpc) is 3.00. The van der Waals surface area contributed by atoms with Crippen LogP contribution in [0.1, 0.15) is 57.9 Å². The first-order chi connectivity index (χ1) is 15.3. The van der Waals surface area contributed by atoms with Gasteiger partial charge in [-0.05, 0) is 69.6 Å². The minimum atomic E-state index is -0.607. The summed E-state index contributed by atoms with van der Waals surface area (Å²) in [7, 11) is 0. The van der Waals surface area contributed by atoms with Gasteiger partial charge in [0.25, 0.3) is 0 Å². The van der Waals surface area contributed by atoms with E-state index in [1.54, 1.807) is 6.08 Å². The molecule has 1 saturated carbocycles. The second-order valence-corrected chi connectivity index (χ2v) is 9.78. The van der Waals surface area contributed by atoms with Crippen molar-refractivity contribution in [1.29, 1.82) is 0 Å². The Morgan fingerprint density at radius 2 is 1.91 bits per heavy atom. The summed E-state index contributed by atoms with van der Waals surface area (Å²) in [6.45, 7) is 3.68. The highest BCUT2D eigenvalue weighted by Gasteiger charge is 2.39. The minimum Gasteiger partial charge on any atom is -0.463 e. The first-order valence-corrected chi connectivity index (χ1v) is 12.4. The number of allylic oxidation sites excluding steroid dienone is 2. The van der Waals surface area contributed by atoms with Crippen LogP contribution in [0.25, 0.3) is 0 Å². The second kappa shape index (κ2) is 13.9. The van der Waals surface area contributed by atoms with Crippen molar-refractivity contribution in [1.82, 2.24) is 0 Å². The molecule has 0 radical (unpaired) electrons. The summed E-state index contributed by atoms with van der Waals surface area (Å²) in [5, 5.41) is 31.1. The third-order valence-electron chi connectivity index (χ3n) is 5.81. The molecule has 3 N–H and O–H groups in total. The molecule has 2 rings (SSSR count). The first-order valence-electron chi connectivity index (χ1n) is 11.6. The number of unbranched alkanes of at least 4 members (excludes halogenated alkanes) is 1. The van der Waals surface area contributed by atoms with Crippen LogP contribution in [0.4, 0.5) is 0 Å². The average molecular weight is 509 g/mol. The molecule has 1 aromatic rings. The Hall–Kier alpha value is -1.47. The third-order valence-corrected chi connectivity index (χ3v) is 6.34. The van der Waals surface area contributed by atoms with Crippen molar-refractivity contribution in [3.05, 3.63) is 58.6 Å². The highest BCUT2D eigenvalue weighted by molar-refractivity contribution is 9.10. The van der Waals surface area contributed by atoms with Crippen molar-refractivity contribution in [2.45, 2.75) is 83.2 Å². The van der Waals surface area contributed by atoms with E-state index in [0.29, 0.717) is 25.7 Å². The van der Waals surface area contributed by atoms with Crippen LogP contribution in [0, 0.1) is 11.8 Å². The Morgan fingerprint density at radius 1 is 1.19 bits per heavy atom. The molecule has 0 aromatic heterocycles. The standard InChI is InChI=1S/C26H37BrO5/c1-18(2)32-26(31)8-6-4-3-5-7-22-23(25(30)17-24(22)29)16-15-21(28)14-11-19-9-12-20(27)13-10-19/h3,5,9-10,12-13,15-16,18,21-25,28-30H,4,6-8,11,14,17H2,1-2H3/b5-3-,16-15+/t21-,22-,23-,24+,25-/m1/s1. The number of rotatable bonds is 12. The molecular formula is C26H37BrO5. The van der Waals surface area contributed by atoms with Gasteiger partial charge in [-0.25, -0.2) is 0 Å². The fraction of sp³-hybridized carbons (Fsp3) is 0.577. The molecule has 178 valence electrons. The number of halogens is 1. The van der Waals surface area contributed by atoms with Gasteiger partial charge in [0.1, 0.15) is 0 Å². The predicted octanol–water partition coefficient (Wildman–Crippen LogP) is 4.72. The van der Waals surface area contributed by atoms with Crippen molar-refractivity contribution < 1.29 is 24.9 Å². The Kier molecular flexibility index (Phi) is 11.7. The molecule has 0 aliphatic heterocycles. The summed E-state index contributed by atoms with van der Waals surface area (Å²) in [4.78, 5) is 11.5. The number of hydrogen-bond donors (Lipinski definition) is 3. The molecule has 0 spiro atoms. The molecule has 0 amide bonds. The molecule has 0 bridgehead atoms. The van der Waals surface area contributed by atoms with Gasteiger partial charge in [0, 0.05) is 23.2 Å². The van der Waals surface area contributed by atoms with E-state index in [1.807, 2.05) is 56.3 Å². The molecule has 1 aliphatic rings. The zero-order valence-corrected chi connectivity index (χ0v) is 20.7. The van der Waals surface area contributed by atoms with Crippen molar-refractivity contribution >= 4 is 21.9 Å². The zero-order chi connectivity index (χ0) is 23.5. The van der Waals surface area contributed by atoms with Gasteiger partial charge in [-0.1, -0.05) is 52.4 Å². The fourth-order valence-electron chi connectivity index (χ4n) is 4.08. The number of benzene rings is 1. The topological polar surface area (TPSA) is 87.0 Å². The summed E-state index contributed by atoms with van der Waals surface area (Å²) in [5.41, 5.74) is 1.16. The highest BCUT2D eigenvalue weighted by Crippen LogP contribution is 2.36. The number of hydrogen-bond acceptors (Lipinski definition) is 5. The maximum Gasteiger partial charge on any atom is 0.306 e. The number of esters is 1. The summed E-state index contributed by atoms with van der Waals surface area (Å²) < 4.78 is 6.15. The zero-order valence-electron chi connectivity index (χ0n) is 19.1. The maximum atomic E-state index is 11.5. The molecule has 1 fully saturated rings. The van der Waals surface area contributed by atoms with Crippen LogP contribution in [0.5, 0.6) is 0 Å². The van der Waals surface area contributed by atoms with Crippen LogP contribution in [0.15, 0.2) is 53.0 Å². The summed E-state index contributed by atoms with van der Waals surface area (Å²) in [6, 6.07) is 8.05. The lowest BCUT2D eigenvalue weighted by Gasteiger charge is -2.19. The highest BCUT2D eigenvalue weighted by atomic mass is 79.9. The molecule has 5 nitrogen and oxygen atoms in total. The van der Waals surface area contributed by atoms with Crippen molar-refractivity contribution in [2.24, 2.45) is 11.8 Å². The van der Waals surface area contributed by atoms with E-state index in [1.165, 1.54) is 0 Å². The van der Waals surface area contributed by atoms with Gasteiger partial charge in [0.05, 0.1) is 24.4 Å². The van der Waals surface area contributed by atoms with Gasteiger partial charge in [-0.3, -0.25) is 4.79 Å². The Balaban J connectivity index is 1.77. The van der Waals surface area contributed by atoms with Crippen LogP contribution in [-0.4, -0.2) is 45.7 Å². The van der Waals surface area contributed by atoms with Crippen LogP contribution >= 0.6 is 15.9 Å². The number of carbonyl (C=O) groups is 1. The van der Waals surface area contributed by atoms with E-state index in [4.69, 9.17) is 4.74 Å². The largest absolute Gasteiger partial charge is 0.463 e. The summed E-state index contributed by atoms with van der Waals surface area (Å²) in [6.07, 6.45) is 10.1. The molecule has 0 heterocycles. The van der Waals surface area contributed by atoms with Gasteiger partial charge >= 0.3 is 5.97 Å². The van der Waals surface area contributed by atoms with Gasteiger partial charge in [0.15, 0.2) is 0 Å². The molecule has 32 heavy (non-hydrogen) atoms. The van der Waals surface area contributed by atoms with E-state index in [2.05, 4.69) is 15.9 Å². The molecule has 1 aromatic carbocycles. The normalized spacial score (nSPS) is 24.6. The van der Waals surface area contributed by atoms with Gasteiger partial charge in [0.2, 0.25) is 0 Å². The Morgan fingerprint density at radius 3 is 2.59 bits per heavy atom. The van der Waals surface area contributed by atoms with E-state index in [-0.39, 0.29) is 23.9 Å². The quantitative estimate of drug-likeness (QED) is 0.216. The summed E-state index contributed by atoms with van der Waals surface area (Å²) in [5.74, 6) is -0.438.